The van der Waals surface area contributed by atoms with Crippen LogP contribution in [-0.4, -0.2) is 69.4 Å². The Balaban J connectivity index is 2.60. The third-order valence-electron chi connectivity index (χ3n) is 3.01. The van der Waals surface area contributed by atoms with E-state index in [2.05, 4.69) is 6.92 Å². The maximum atomic E-state index is 9.67. The van der Waals surface area contributed by atoms with E-state index in [1.165, 1.54) is 0 Å². The number of β-amino-alcohol motifs (C(OH)–C–C–N with tert-alkyl or cyclic N) is 1. The van der Waals surface area contributed by atoms with E-state index in [0.29, 0.717) is 6.54 Å². The highest BCUT2D eigenvalue weighted by Crippen LogP contribution is 2.19. The molecule has 15 heavy (non-hydrogen) atoms. The first-order valence-corrected chi connectivity index (χ1v) is 5.51. The van der Waals surface area contributed by atoms with Gasteiger partial charge in [-0.1, -0.05) is 13.3 Å². The molecule has 1 saturated heterocycles. The predicted octanol–water partition coefficient (Wildman–Crippen LogP) is -1.45. The van der Waals surface area contributed by atoms with Crippen LogP contribution in [0.1, 0.15) is 19.8 Å². The molecule has 0 aromatic rings. The van der Waals surface area contributed by atoms with Crippen LogP contribution in [0.3, 0.4) is 0 Å². The largest absolute Gasteiger partial charge is 0.395 e. The second-order valence-corrected chi connectivity index (χ2v) is 4.15. The van der Waals surface area contributed by atoms with Gasteiger partial charge in [-0.05, 0) is 13.0 Å². The molecule has 5 heteroatoms. The summed E-state index contributed by atoms with van der Waals surface area (Å²) < 4.78 is 0. The molecule has 0 bridgehead atoms. The van der Waals surface area contributed by atoms with Gasteiger partial charge in [-0.3, -0.25) is 4.90 Å². The summed E-state index contributed by atoms with van der Waals surface area (Å²) in [4.78, 5) is 1.84. The van der Waals surface area contributed by atoms with Crippen molar-refractivity contribution in [3.63, 3.8) is 0 Å². The molecule has 1 aliphatic heterocycles. The number of piperidine rings is 1. The smallest absolute Gasteiger partial charge is 0.109 e. The standard InChI is InChI=1S/C10H21NO4/c1-2-3-4-11-5-8(13)10(15)9(14)7(11)6-12/h7-10,12-15H,2-6H2,1H3/t7?,8?,9-,10+/m0/s1. The zero-order valence-corrected chi connectivity index (χ0v) is 9.08. The summed E-state index contributed by atoms with van der Waals surface area (Å²) in [5.74, 6) is 0. The summed E-state index contributed by atoms with van der Waals surface area (Å²) in [6, 6.07) is -0.463. The van der Waals surface area contributed by atoms with Crippen LogP contribution in [0.2, 0.25) is 0 Å². The lowest BCUT2D eigenvalue weighted by Gasteiger charge is -2.43. The van der Waals surface area contributed by atoms with E-state index >= 15 is 0 Å². The van der Waals surface area contributed by atoms with E-state index in [1.807, 2.05) is 4.90 Å². The van der Waals surface area contributed by atoms with Crippen molar-refractivity contribution in [2.75, 3.05) is 19.7 Å². The van der Waals surface area contributed by atoms with Gasteiger partial charge in [0.05, 0.1) is 18.8 Å². The van der Waals surface area contributed by atoms with Crippen LogP contribution >= 0.6 is 0 Å². The van der Waals surface area contributed by atoms with Crippen molar-refractivity contribution in [1.29, 1.82) is 0 Å². The number of unbranched alkanes of at least 4 members (excludes halogenated alkanes) is 1. The van der Waals surface area contributed by atoms with Gasteiger partial charge >= 0.3 is 0 Å². The van der Waals surface area contributed by atoms with E-state index in [0.717, 1.165) is 19.4 Å². The minimum atomic E-state index is -1.15. The lowest BCUT2D eigenvalue weighted by Crippen LogP contribution is -2.62. The molecule has 0 radical (unpaired) electrons. The minimum Gasteiger partial charge on any atom is -0.395 e. The highest BCUT2D eigenvalue weighted by Gasteiger charge is 2.40. The van der Waals surface area contributed by atoms with E-state index in [4.69, 9.17) is 5.11 Å². The number of likely N-dealkylation sites (tertiary alicyclic amines) is 1. The molecule has 4 atom stereocenters. The molecule has 0 aromatic carbocycles. The first-order chi connectivity index (χ1) is 7.11. The summed E-state index contributed by atoms with van der Waals surface area (Å²) in [5, 5.41) is 37.8. The van der Waals surface area contributed by atoms with E-state index in [1.54, 1.807) is 0 Å². The summed E-state index contributed by atoms with van der Waals surface area (Å²) in [7, 11) is 0. The van der Waals surface area contributed by atoms with Crippen LogP contribution in [0.5, 0.6) is 0 Å². The Labute approximate surface area is 90.0 Å². The highest BCUT2D eigenvalue weighted by atomic mass is 16.4. The van der Waals surface area contributed by atoms with Crippen molar-refractivity contribution in [3.8, 4) is 0 Å². The van der Waals surface area contributed by atoms with E-state index in [9.17, 15) is 15.3 Å². The monoisotopic (exact) mass is 219 g/mol. The average Bonchev–Trinajstić information content (AvgIpc) is 2.23. The van der Waals surface area contributed by atoms with E-state index in [-0.39, 0.29) is 6.61 Å². The second kappa shape index (κ2) is 5.77. The van der Waals surface area contributed by atoms with Gasteiger partial charge in [0, 0.05) is 6.54 Å². The van der Waals surface area contributed by atoms with Crippen molar-refractivity contribution in [2.45, 2.75) is 44.1 Å². The maximum absolute atomic E-state index is 9.67. The molecule has 5 nitrogen and oxygen atoms in total. The normalized spacial score (nSPS) is 38.2. The Bertz CT molecular complexity index is 190. The van der Waals surface area contributed by atoms with Crippen LogP contribution in [0.4, 0.5) is 0 Å². The topological polar surface area (TPSA) is 84.2 Å². The quantitative estimate of drug-likeness (QED) is 0.465. The van der Waals surface area contributed by atoms with Gasteiger partial charge in [0.15, 0.2) is 0 Å². The van der Waals surface area contributed by atoms with Gasteiger partial charge in [0.25, 0.3) is 0 Å². The van der Waals surface area contributed by atoms with Gasteiger partial charge < -0.3 is 20.4 Å². The fraction of sp³-hybridized carbons (Fsp3) is 1.00. The van der Waals surface area contributed by atoms with Gasteiger partial charge in [-0.15, -0.1) is 0 Å². The molecule has 4 N–H and O–H groups in total. The molecular formula is C10H21NO4. The number of rotatable bonds is 4. The second-order valence-electron chi connectivity index (χ2n) is 4.15. The third kappa shape index (κ3) is 2.89. The van der Waals surface area contributed by atoms with Crippen molar-refractivity contribution in [3.05, 3.63) is 0 Å². The molecule has 0 spiro atoms. The van der Waals surface area contributed by atoms with Crippen LogP contribution in [0.15, 0.2) is 0 Å². The Morgan fingerprint density at radius 2 is 1.87 bits per heavy atom. The molecule has 1 heterocycles. The van der Waals surface area contributed by atoms with Gasteiger partial charge in [0.2, 0.25) is 0 Å². The Morgan fingerprint density at radius 1 is 1.20 bits per heavy atom. The molecule has 1 aliphatic rings. The number of aliphatic hydroxyl groups excluding tert-OH is 4. The lowest BCUT2D eigenvalue weighted by molar-refractivity contribution is -0.145. The van der Waals surface area contributed by atoms with Crippen molar-refractivity contribution < 1.29 is 20.4 Å². The Morgan fingerprint density at radius 3 is 2.40 bits per heavy atom. The summed E-state index contributed by atoms with van der Waals surface area (Å²) in [6.45, 7) is 2.89. The van der Waals surface area contributed by atoms with Crippen molar-refractivity contribution >= 4 is 0 Å². The highest BCUT2D eigenvalue weighted by molar-refractivity contribution is 4.93. The van der Waals surface area contributed by atoms with Gasteiger partial charge in [0.1, 0.15) is 12.2 Å². The fourth-order valence-electron chi connectivity index (χ4n) is 2.00. The predicted molar refractivity (Wildman–Crippen MR) is 55.4 cm³/mol. The third-order valence-corrected chi connectivity index (χ3v) is 3.01. The fourth-order valence-corrected chi connectivity index (χ4v) is 2.00. The summed E-state index contributed by atoms with van der Waals surface area (Å²) >= 11 is 0. The zero-order chi connectivity index (χ0) is 11.4. The first kappa shape index (κ1) is 12.9. The number of aliphatic hydroxyl groups is 4. The Kier molecular flexibility index (Phi) is 4.95. The van der Waals surface area contributed by atoms with E-state index < -0.39 is 24.4 Å². The summed E-state index contributed by atoms with van der Waals surface area (Å²) in [5.41, 5.74) is 0. The van der Waals surface area contributed by atoms with Crippen molar-refractivity contribution in [2.24, 2.45) is 0 Å². The molecule has 0 saturated carbocycles. The molecular weight excluding hydrogens is 198 g/mol. The average molecular weight is 219 g/mol. The molecule has 0 amide bonds. The van der Waals surface area contributed by atoms with Crippen LogP contribution < -0.4 is 0 Å². The van der Waals surface area contributed by atoms with Crippen LogP contribution in [0, 0.1) is 0 Å². The number of nitrogens with zero attached hydrogens (tertiary/aromatic N) is 1. The van der Waals surface area contributed by atoms with Gasteiger partial charge in [-0.25, -0.2) is 0 Å². The van der Waals surface area contributed by atoms with Crippen LogP contribution in [0.25, 0.3) is 0 Å². The lowest BCUT2D eigenvalue weighted by atomic mass is 9.94. The molecule has 0 aliphatic carbocycles. The zero-order valence-electron chi connectivity index (χ0n) is 9.08. The maximum Gasteiger partial charge on any atom is 0.109 e. The number of hydrogen-bond acceptors (Lipinski definition) is 5. The SMILES string of the molecule is CCCCN1CC(O)[C@@H](O)[C@@H](O)C1CO. The van der Waals surface area contributed by atoms with Crippen molar-refractivity contribution in [1.82, 2.24) is 4.90 Å². The van der Waals surface area contributed by atoms with Gasteiger partial charge in [-0.2, -0.15) is 0 Å². The first-order valence-electron chi connectivity index (χ1n) is 5.51. The molecule has 0 aromatic heterocycles. The molecule has 2 unspecified atom stereocenters. The van der Waals surface area contributed by atoms with Crippen LogP contribution in [-0.2, 0) is 0 Å². The molecule has 1 fully saturated rings. The summed E-state index contributed by atoms with van der Waals surface area (Å²) in [6.07, 6.45) is -1.19. The molecule has 90 valence electrons. The minimum absolute atomic E-state index is 0.200. The molecule has 1 rings (SSSR count). The number of hydrogen-bond donors (Lipinski definition) is 4. The Hall–Kier alpha value is -0.200.